The SMILES string of the molecule is CO[Si](OC)OCCCCNC(CN)[Si](OC)(OC)OCCCCN. The fourth-order valence-electron chi connectivity index (χ4n) is 2.26. The van der Waals surface area contributed by atoms with Crippen LogP contribution in [0, 0.1) is 0 Å². The third-order valence-corrected chi connectivity index (χ3v) is 7.79. The van der Waals surface area contributed by atoms with Crippen molar-refractivity contribution >= 4 is 18.3 Å². The minimum absolute atomic E-state index is 0.154. The fraction of sp³-hybridized carbons (Fsp3) is 1.00. The van der Waals surface area contributed by atoms with Crippen LogP contribution in [0.2, 0.25) is 0 Å². The van der Waals surface area contributed by atoms with Crippen LogP contribution in [0.25, 0.3) is 0 Å². The minimum atomic E-state index is -2.86. The van der Waals surface area contributed by atoms with Crippen molar-refractivity contribution in [2.45, 2.75) is 31.3 Å². The largest absolute Gasteiger partial charge is 0.577 e. The molecule has 0 aromatic heterocycles. The lowest BCUT2D eigenvalue weighted by atomic mass is 10.3. The van der Waals surface area contributed by atoms with E-state index >= 15 is 0 Å². The first-order valence-electron chi connectivity index (χ1n) is 8.59. The van der Waals surface area contributed by atoms with Crippen LogP contribution in [0.3, 0.4) is 0 Å². The van der Waals surface area contributed by atoms with Crippen molar-refractivity contribution in [3.05, 3.63) is 0 Å². The maximum atomic E-state index is 5.96. The summed E-state index contributed by atoms with van der Waals surface area (Å²) in [5, 5.41) is 3.40. The lowest BCUT2D eigenvalue weighted by molar-refractivity contribution is 0.0829. The lowest BCUT2D eigenvalue weighted by Gasteiger charge is -2.33. The summed E-state index contributed by atoms with van der Waals surface area (Å²) in [5.41, 5.74) is 11.3. The Kier molecular flexibility index (Phi) is 16.3. The van der Waals surface area contributed by atoms with Gasteiger partial charge in [0.2, 0.25) is 0 Å². The van der Waals surface area contributed by atoms with Crippen LogP contribution in [0.1, 0.15) is 25.7 Å². The van der Waals surface area contributed by atoms with Gasteiger partial charge in [-0.2, -0.15) is 0 Å². The number of nitrogens with two attached hydrogens (primary N) is 2. The Bertz CT molecular complexity index is 300. The third-order valence-electron chi connectivity index (χ3n) is 3.65. The van der Waals surface area contributed by atoms with Gasteiger partial charge in [0, 0.05) is 48.2 Å². The Balaban J connectivity index is 4.23. The molecule has 9 nitrogen and oxygen atoms in total. The van der Waals surface area contributed by atoms with Crippen LogP contribution >= 0.6 is 0 Å². The van der Waals surface area contributed by atoms with Crippen molar-refractivity contribution in [2.24, 2.45) is 11.5 Å². The Labute approximate surface area is 154 Å². The number of hydrogen-bond acceptors (Lipinski definition) is 9. The zero-order valence-electron chi connectivity index (χ0n) is 16.0. The van der Waals surface area contributed by atoms with Gasteiger partial charge in [-0.3, -0.25) is 0 Å². The van der Waals surface area contributed by atoms with Crippen LogP contribution in [0.4, 0.5) is 0 Å². The lowest BCUT2D eigenvalue weighted by Crippen LogP contribution is -2.64. The molecule has 0 aliphatic heterocycles. The molecule has 11 heteroatoms. The Morgan fingerprint density at radius 3 is 2.08 bits per heavy atom. The van der Waals surface area contributed by atoms with E-state index in [-0.39, 0.29) is 5.67 Å². The average Bonchev–Trinajstić information content (AvgIpc) is 2.65. The van der Waals surface area contributed by atoms with Gasteiger partial charge >= 0.3 is 18.3 Å². The molecular weight excluding hydrogens is 362 g/mol. The minimum Gasteiger partial charge on any atom is -0.376 e. The second-order valence-electron chi connectivity index (χ2n) is 5.31. The Morgan fingerprint density at radius 2 is 1.56 bits per heavy atom. The van der Waals surface area contributed by atoms with Crippen LogP contribution < -0.4 is 16.8 Å². The quantitative estimate of drug-likeness (QED) is 0.207. The molecule has 0 aliphatic carbocycles. The standard InChI is InChI=1S/C14H36N3O6Si2/c1-18-24(19-2)22-11-8-6-10-17-14(13-16)25(20-3,21-4)23-12-7-5-9-15/h14,17H,5-13,15-16H2,1-4H3. The third kappa shape index (κ3) is 10.1. The van der Waals surface area contributed by atoms with E-state index in [9.17, 15) is 0 Å². The predicted molar refractivity (Wildman–Crippen MR) is 99.8 cm³/mol. The average molecular weight is 399 g/mol. The van der Waals surface area contributed by atoms with Gasteiger partial charge in [0.15, 0.2) is 0 Å². The molecule has 0 saturated carbocycles. The summed E-state index contributed by atoms with van der Waals surface area (Å²) >= 11 is 0. The summed E-state index contributed by atoms with van der Waals surface area (Å²) in [7, 11) is 1.93. The monoisotopic (exact) mass is 398 g/mol. The molecule has 1 atom stereocenters. The number of nitrogens with one attached hydrogen (secondary N) is 1. The van der Waals surface area contributed by atoms with Gasteiger partial charge in [-0.25, -0.2) is 0 Å². The van der Waals surface area contributed by atoms with Gasteiger partial charge in [0.25, 0.3) is 0 Å². The molecule has 0 heterocycles. The Morgan fingerprint density at radius 1 is 0.920 bits per heavy atom. The molecule has 0 bridgehead atoms. The molecule has 0 aliphatic rings. The molecule has 0 spiro atoms. The molecular formula is C14H36N3O6Si2. The molecule has 0 saturated heterocycles. The first-order valence-corrected chi connectivity index (χ1v) is 11.6. The molecule has 1 unspecified atom stereocenters. The smallest absolute Gasteiger partial charge is 0.376 e. The highest BCUT2D eigenvalue weighted by Gasteiger charge is 2.47. The number of rotatable bonds is 18. The summed E-state index contributed by atoms with van der Waals surface area (Å²) in [4.78, 5) is 0. The molecule has 0 aromatic rings. The summed E-state index contributed by atoms with van der Waals surface area (Å²) in [6, 6.07) is 0. The van der Waals surface area contributed by atoms with E-state index in [4.69, 9.17) is 38.0 Å². The molecule has 0 aromatic carbocycles. The molecule has 25 heavy (non-hydrogen) atoms. The van der Waals surface area contributed by atoms with Gasteiger partial charge in [-0.1, -0.05) is 0 Å². The maximum absolute atomic E-state index is 5.96. The summed E-state index contributed by atoms with van der Waals surface area (Å²) in [6.07, 6.45) is 3.59. The van der Waals surface area contributed by atoms with Crippen molar-refractivity contribution in [2.75, 3.05) is 61.3 Å². The van der Waals surface area contributed by atoms with Gasteiger partial charge in [0.05, 0.1) is 5.67 Å². The van der Waals surface area contributed by atoms with Crippen molar-refractivity contribution in [1.82, 2.24) is 5.32 Å². The van der Waals surface area contributed by atoms with E-state index in [1.54, 1.807) is 28.4 Å². The van der Waals surface area contributed by atoms with Crippen LogP contribution in [-0.4, -0.2) is 85.3 Å². The van der Waals surface area contributed by atoms with Crippen LogP contribution in [0.15, 0.2) is 0 Å². The van der Waals surface area contributed by atoms with Gasteiger partial charge in [-0.05, 0) is 38.8 Å². The van der Waals surface area contributed by atoms with Crippen LogP contribution in [-0.2, 0) is 26.6 Å². The second-order valence-corrected chi connectivity index (χ2v) is 9.93. The topological polar surface area (TPSA) is 119 Å². The van der Waals surface area contributed by atoms with Crippen molar-refractivity contribution in [3.63, 3.8) is 0 Å². The zero-order valence-corrected chi connectivity index (χ0v) is 18.0. The first kappa shape index (κ1) is 25.1. The van der Waals surface area contributed by atoms with Crippen molar-refractivity contribution in [3.8, 4) is 0 Å². The summed E-state index contributed by atoms with van der Waals surface area (Å²) in [6.45, 7) is 2.93. The highest BCUT2D eigenvalue weighted by Crippen LogP contribution is 2.13. The van der Waals surface area contributed by atoms with E-state index in [2.05, 4.69) is 5.32 Å². The van der Waals surface area contributed by atoms with E-state index in [1.165, 1.54) is 0 Å². The van der Waals surface area contributed by atoms with E-state index in [0.29, 0.717) is 26.3 Å². The zero-order chi connectivity index (χ0) is 19.0. The van der Waals surface area contributed by atoms with Crippen LogP contribution in [0.5, 0.6) is 0 Å². The molecule has 0 amide bonds. The molecule has 0 rings (SSSR count). The molecule has 0 fully saturated rings. The first-order chi connectivity index (χ1) is 12.1. The van der Waals surface area contributed by atoms with Gasteiger partial charge in [0.1, 0.15) is 0 Å². The summed E-state index contributed by atoms with van der Waals surface area (Å²) in [5.74, 6) is 0. The normalized spacial score (nSPS) is 13.6. The maximum Gasteiger partial charge on any atom is 0.577 e. The van der Waals surface area contributed by atoms with Crippen molar-refractivity contribution < 1.29 is 26.6 Å². The number of unbranched alkanes of at least 4 members (excludes halogenated alkanes) is 2. The molecule has 5 N–H and O–H groups in total. The second kappa shape index (κ2) is 16.3. The Hall–Kier alpha value is 0.0738. The van der Waals surface area contributed by atoms with Gasteiger partial charge < -0.3 is 43.3 Å². The highest BCUT2D eigenvalue weighted by molar-refractivity contribution is 6.62. The van der Waals surface area contributed by atoms with E-state index in [1.807, 2.05) is 0 Å². The predicted octanol–water partition coefficient (Wildman–Crippen LogP) is -0.496. The highest BCUT2D eigenvalue weighted by atomic mass is 28.4. The van der Waals surface area contributed by atoms with E-state index in [0.717, 1.165) is 32.2 Å². The van der Waals surface area contributed by atoms with Crippen molar-refractivity contribution in [1.29, 1.82) is 0 Å². The summed E-state index contributed by atoms with van der Waals surface area (Å²) < 4.78 is 32.8. The molecule has 1 radical (unpaired) electrons. The molecule has 151 valence electrons. The van der Waals surface area contributed by atoms with Gasteiger partial charge in [-0.15, -0.1) is 0 Å². The number of hydrogen-bond donors (Lipinski definition) is 3. The fourth-order valence-corrected chi connectivity index (χ4v) is 5.26. The van der Waals surface area contributed by atoms with E-state index < -0.39 is 18.3 Å².